The summed E-state index contributed by atoms with van der Waals surface area (Å²) in [5.74, 6) is -0.610. The molecule has 0 fully saturated rings. The zero-order chi connectivity index (χ0) is 20.6. The number of hydrogen-bond acceptors (Lipinski definition) is 4. The second-order valence-electron chi connectivity index (χ2n) is 6.04. The Bertz CT molecular complexity index is 1020. The van der Waals surface area contributed by atoms with Gasteiger partial charge < -0.3 is 10.6 Å². The fourth-order valence-electron chi connectivity index (χ4n) is 2.39. The van der Waals surface area contributed by atoms with Crippen LogP contribution in [0.25, 0.3) is 0 Å². The maximum Gasteiger partial charge on any atom is 0.271 e. The van der Waals surface area contributed by atoms with Gasteiger partial charge >= 0.3 is 0 Å². The molecular formula is C21H18FN5OS. The second kappa shape index (κ2) is 9.52. The quantitative estimate of drug-likeness (QED) is 0.336. The number of carbonyl (C=O) groups is 1. The van der Waals surface area contributed by atoms with E-state index in [4.69, 9.17) is 12.2 Å². The Labute approximate surface area is 172 Å². The molecule has 3 rings (SSSR count). The highest BCUT2D eigenvalue weighted by molar-refractivity contribution is 7.80. The summed E-state index contributed by atoms with van der Waals surface area (Å²) in [5.41, 5.74) is 5.98. The van der Waals surface area contributed by atoms with Crippen LogP contribution in [0, 0.1) is 5.82 Å². The molecule has 0 saturated heterocycles. The van der Waals surface area contributed by atoms with Crippen molar-refractivity contribution in [1.29, 1.82) is 0 Å². The highest BCUT2D eigenvalue weighted by Gasteiger charge is 2.05. The SMILES string of the molecule is C/C(=N\NC(=O)c1ccncc1)c1ccc(NC(=S)Nc2ccc(F)cc2)cc1. The summed E-state index contributed by atoms with van der Waals surface area (Å²) in [7, 11) is 0. The molecule has 3 aromatic rings. The van der Waals surface area contributed by atoms with Crippen LogP contribution in [0.1, 0.15) is 22.8 Å². The van der Waals surface area contributed by atoms with Crippen LogP contribution in [0.3, 0.4) is 0 Å². The zero-order valence-electron chi connectivity index (χ0n) is 15.5. The van der Waals surface area contributed by atoms with Crippen molar-refractivity contribution in [2.45, 2.75) is 6.92 Å². The topological polar surface area (TPSA) is 78.4 Å². The van der Waals surface area contributed by atoms with E-state index in [1.54, 1.807) is 43.6 Å². The number of hydrazone groups is 1. The maximum absolute atomic E-state index is 12.9. The molecule has 0 spiro atoms. The van der Waals surface area contributed by atoms with Gasteiger partial charge in [-0.05, 0) is 73.2 Å². The van der Waals surface area contributed by atoms with Gasteiger partial charge in [0.1, 0.15) is 5.82 Å². The molecule has 3 N–H and O–H groups in total. The fourth-order valence-corrected chi connectivity index (χ4v) is 2.62. The Morgan fingerprint density at radius 1 is 0.897 bits per heavy atom. The molecule has 0 aliphatic rings. The third-order valence-electron chi connectivity index (χ3n) is 3.93. The summed E-state index contributed by atoms with van der Waals surface area (Å²) in [4.78, 5) is 15.9. The van der Waals surface area contributed by atoms with E-state index in [-0.39, 0.29) is 11.7 Å². The molecular weight excluding hydrogens is 389 g/mol. The van der Waals surface area contributed by atoms with Crippen LogP contribution in [0.5, 0.6) is 0 Å². The minimum atomic E-state index is -0.306. The predicted molar refractivity (Wildman–Crippen MR) is 117 cm³/mol. The number of pyridine rings is 1. The molecule has 2 aromatic carbocycles. The summed E-state index contributed by atoms with van der Waals surface area (Å²) < 4.78 is 12.9. The van der Waals surface area contributed by atoms with Gasteiger partial charge in [-0.2, -0.15) is 5.10 Å². The van der Waals surface area contributed by atoms with E-state index in [0.717, 1.165) is 11.3 Å². The molecule has 1 amide bonds. The van der Waals surface area contributed by atoms with Crippen molar-refractivity contribution in [3.63, 3.8) is 0 Å². The molecule has 1 heterocycles. The normalized spacial score (nSPS) is 10.9. The monoisotopic (exact) mass is 407 g/mol. The summed E-state index contributed by atoms with van der Waals surface area (Å²) in [6.07, 6.45) is 3.10. The van der Waals surface area contributed by atoms with Crippen LogP contribution in [0.15, 0.2) is 78.2 Å². The van der Waals surface area contributed by atoms with E-state index >= 15 is 0 Å². The molecule has 8 heteroatoms. The number of benzene rings is 2. The van der Waals surface area contributed by atoms with E-state index in [2.05, 4.69) is 26.1 Å². The minimum absolute atomic E-state index is 0.303. The van der Waals surface area contributed by atoms with E-state index in [1.165, 1.54) is 12.1 Å². The number of amides is 1. The molecule has 29 heavy (non-hydrogen) atoms. The lowest BCUT2D eigenvalue weighted by molar-refractivity contribution is 0.0954. The van der Waals surface area contributed by atoms with Gasteiger partial charge in [0.25, 0.3) is 5.91 Å². The molecule has 0 saturated carbocycles. The smallest absolute Gasteiger partial charge is 0.271 e. The number of nitrogens with zero attached hydrogens (tertiary/aromatic N) is 2. The molecule has 0 aliphatic carbocycles. The Balaban J connectivity index is 1.56. The number of aromatic nitrogens is 1. The van der Waals surface area contributed by atoms with Crippen molar-refractivity contribution < 1.29 is 9.18 Å². The Kier molecular flexibility index (Phi) is 6.59. The van der Waals surface area contributed by atoms with Crippen LogP contribution in [0.2, 0.25) is 0 Å². The minimum Gasteiger partial charge on any atom is -0.332 e. The number of anilines is 2. The van der Waals surface area contributed by atoms with Crippen LogP contribution >= 0.6 is 12.2 Å². The van der Waals surface area contributed by atoms with Crippen molar-refractivity contribution >= 4 is 40.3 Å². The highest BCUT2D eigenvalue weighted by Crippen LogP contribution is 2.13. The molecule has 0 bridgehead atoms. The molecule has 0 atom stereocenters. The number of nitrogens with one attached hydrogen (secondary N) is 3. The van der Waals surface area contributed by atoms with Gasteiger partial charge in [-0.1, -0.05) is 12.1 Å². The van der Waals surface area contributed by atoms with Crippen LogP contribution in [-0.2, 0) is 0 Å². The van der Waals surface area contributed by atoms with Gasteiger partial charge in [-0.3, -0.25) is 9.78 Å². The van der Waals surface area contributed by atoms with E-state index in [0.29, 0.717) is 22.1 Å². The Hall–Kier alpha value is -3.65. The molecule has 146 valence electrons. The number of halogens is 1. The third kappa shape index (κ3) is 5.91. The average Bonchev–Trinajstić information content (AvgIpc) is 2.74. The molecule has 1 aromatic heterocycles. The van der Waals surface area contributed by atoms with E-state index in [1.807, 2.05) is 24.3 Å². The van der Waals surface area contributed by atoms with Crippen molar-refractivity contribution in [2.24, 2.45) is 5.10 Å². The van der Waals surface area contributed by atoms with E-state index < -0.39 is 0 Å². The largest absolute Gasteiger partial charge is 0.332 e. The van der Waals surface area contributed by atoms with Gasteiger partial charge in [0.2, 0.25) is 0 Å². The molecule has 0 unspecified atom stereocenters. The second-order valence-corrected chi connectivity index (χ2v) is 6.45. The van der Waals surface area contributed by atoms with Gasteiger partial charge in [0.15, 0.2) is 5.11 Å². The summed E-state index contributed by atoms with van der Waals surface area (Å²) in [6, 6.07) is 16.6. The average molecular weight is 407 g/mol. The van der Waals surface area contributed by atoms with Crippen LogP contribution in [-0.4, -0.2) is 21.7 Å². The first-order valence-electron chi connectivity index (χ1n) is 8.70. The van der Waals surface area contributed by atoms with Crippen molar-refractivity contribution in [1.82, 2.24) is 10.4 Å². The Morgan fingerprint density at radius 2 is 1.45 bits per heavy atom. The number of hydrogen-bond donors (Lipinski definition) is 3. The van der Waals surface area contributed by atoms with Gasteiger partial charge in [0, 0.05) is 29.3 Å². The van der Waals surface area contributed by atoms with Crippen molar-refractivity contribution in [3.8, 4) is 0 Å². The summed E-state index contributed by atoms with van der Waals surface area (Å²) in [6.45, 7) is 1.80. The lowest BCUT2D eigenvalue weighted by atomic mass is 10.1. The predicted octanol–water partition coefficient (Wildman–Crippen LogP) is 4.18. The first-order valence-corrected chi connectivity index (χ1v) is 9.11. The van der Waals surface area contributed by atoms with Crippen LogP contribution < -0.4 is 16.1 Å². The zero-order valence-corrected chi connectivity index (χ0v) is 16.3. The molecule has 0 aliphatic heterocycles. The first kappa shape index (κ1) is 20.1. The Morgan fingerprint density at radius 3 is 2.03 bits per heavy atom. The fraction of sp³-hybridized carbons (Fsp3) is 0.0476. The third-order valence-corrected chi connectivity index (χ3v) is 4.13. The van der Waals surface area contributed by atoms with Crippen molar-refractivity contribution in [3.05, 3.63) is 90.0 Å². The standard InChI is InChI=1S/C21H18FN5OS/c1-14(26-27-20(28)16-10-12-23-13-11-16)15-2-6-18(7-3-15)24-21(29)25-19-8-4-17(22)5-9-19/h2-13H,1H3,(H,27,28)(H2,24,25,29)/b26-14+. The van der Waals surface area contributed by atoms with E-state index in [9.17, 15) is 9.18 Å². The van der Waals surface area contributed by atoms with Gasteiger partial charge in [-0.25, -0.2) is 9.82 Å². The number of thiocarbonyl (C=S) groups is 1. The maximum atomic E-state index is 12.9. The number of carbonyl (C=O) groups excluding carboxylic acids is 1. The summed E-state index contributed by atoms with van der Waals surface area (Å²) in [5, 5.41) is 10.6. The van der Waals surface area contributed by atoms with Crippen LogP contribution in [0.4, 0.5) is 15.8 Å². The number of rotatable bonds is 5. The highest BCUT2D eigenvalue weighted by atomic mass is 32.1. The summed E-state index contributed by atoms with van der Waals surface area (Å²) >= 11 is 5.26. The van der Waals surface area contributed by atoms with Crippen molar-refractivity contribution in [2.75, 3.05) is 10.6 Å². The lowest BCUT2D eigenvalue weighted by Crippen LogP contribution is -2.19. The molecule has 0 radical (unpaired) electrons. The lowest BCUT2D eigenvalue weighted by Gasteiger charge is -2.11. The van der Waals surface area contributed by atoms with Gasteiger partial charge in [0.05, 0.1) is 5.71 Å². The van der Waals surface area contributed by atoms with Gasteiger partial charge in [-0.15, -0.1) is 0 Å². The first-order chi connectivity index (χ1) is 14.0. The molecule has 6 nitrogen and oxygen atoms in total.